The molecule has 0 saturated carbocycles. The van der Waals surface area contributed by atoms with Crippen LogP contribution in [-0.2, 0) is 9.84 Å². The van der Waals surface area contributed by atoms with Crippen LogP contribution in [0.4, 0.5) is 36.4 Å². The lowest BCUT2D eigenvalue weighted by atomic mass is 10.3. The number of hydrogen-bond acceptors (Lipinski definition) is 3. The van der Waals surface area contributed by atoms with Gasteiger partial charge in [0.15, 0.2) is 0 Å². The zero-order valence-electron chi connectivity index (χ0n) is 9.96. The predicted molar refractivity (Wildman–Crippen MR) is 59.1 cm³/mol. The van der Waals surface area contributed by atoms with Crippen LogP contribution in [0.5, 0.6) is 0 Å². The Morgan fingerprint density at radius 2 is 1.48 bits per heavy atom. The number of benzene rings is 1. The summed E-state index contributed by atoms with van der Waals surface area (Å²) in [5.74, 6) is -4.32. The average Bonchev–Trinajstić information content (AvgIpc) is 2.35. The fraction of sp³-hybridized carbons (Fsp3) is 0.400. The van der Waals surface area contributed by atoms with Crippen LogP contribution in [0.2, 0.25) is 0 Å². The fourth-order valence-corrected chi connectivity index (χ4v) is 1.94. The summed E-state index contributed by atoms with van der Waals surface area (Å²) in [6, 6.07) is 2.59. The van der Waals surface area contributed by atoms with E-state index in [0.29, 0.717) is 12.1 Å². The highest BCUT2D eigenvalue weighted by Gasteiger charge is 2.46. The Morgan fingerprint density at radius 3 is 1.86 bits per heavy atom. The van der Waals surface area contributed by atoms with Gasteiger partial charge >= 0.3 is 17.9 Å². The number of hydrogen-bond donors (Lipinski definition) is 1. The zero-order valence-corrected chi connectivity index (χ0v) is 10.8. The first-order chi connectivity index (χ1) is 9.38. The first-order valence-electron chi connectivity index (χ1n) is 5.19. The Balaban J connectivity index is 2.86. The molecule has 11 heteroatoms. The molecule has 1 aromatic rings. The van der Waals surface area contributed by atoms with Gasteiger partial charge < -0.3 is 5.32 Å². The van der Waals surface area contributed by atoms with Crippen molar-refractivity contribution in [1.29, 1.82) is 0 Å². The van der Waals surface area contributed by atoms with E-state index in [-0.39, 0.29) is 5.69 Å². The van der Waals surface area contributed by atoms with Crippen molar-refractivity contribution in [2.45, 2.75) is 22.8 Å². The molecule has 0 bridgehead atoms. The molecule has 0 spiro atoms. The second-order valence-corrected chi connectivity index (χ2v) is 5.83. The van der Waals surface area contributed by atoms with Crippen LogP contribution < -0.4 is 5.32 Å². The standard InChI is InChI=1S/C10H8F7NO2S/c11-8(12)9(13,14)5-18-6-1-3-7(4-2-6)21(19,20)10(15,16)17/h1-4,8,18H,5H2. The Kier molecular flexibility index (Phi) is 4.76. The van der Waals surface area contributed by atoms with Gasteiger partial charge in [-0.05, 0) is 24.3 Å². The average molecular weight is 339 g/mol. The number of rotatable bonds is 5. The molecule has 1 aromatic carbocycles. The van der Waals surface area contributed by atoms with Gasteiger partial charge in [0.05, 0.1) is 11.4 Å². The van der Waals surface area contributed by atoms with Crippen molar-refractivity contribution in [3.63, 3.8) is 0 Å². The van der Waals surface area contributed by atoms with Crippen molar-refractivity contribution in [3.8, 4) is 0 Å². The van der Waals surface area contributed by atoms with Crippen LogP contribution >= 0.6 is 0 Å². The van der Waals surface area contributed by atoms with Crippen molar-refractivity contribution in [1.82, 2.24) is 0 Å². The van der Waals surface area contributed by atoms with Crippen LogP contribution in [-0.4, -0.2) is 32.8 Å². The van der Waals surface area contributed by atoms with Gasteiger partial charge in [0.2, 0.25) is 0 Å². The summed E-state index contributed by atoms with van der Waals surface area (Å²) in [5.41, 5.74) is -5.72. The molecule has 0 aliphatic heterocycles. The molecular weight excluding hydrogens is 331 g/mol. The van der Waals surface area contributed by atoms with Crippen molar-refractivity contribution < 1.29 is 39.2 Å². The van der Waals surface area contributed by atoms with E-state index in [1.54, 1.807) is 0 Å². The Labute approximate surface area is 114 Å². The molecule has 0 aromatic heterocycles. The van der Waals surface area contributed by atoms with Crippen molar-refractivity contribution in [2.75, 3.05) is 11.9 Å². The molecule has 0 unspecified atom stereocenters. The lowest BCUT2D eigenvalue weighted by Gasteiger charge is -2.16. The van der Waals surface area contributed by atoms with Gasteiger partial charge in [-0.25, -0.2) is 17.2 Å². The Hall–Kier alpha value is -1.52. The van der Waals surface area contributed by atoms with Gasteiger partial charge in [-0.1, -0.05) is 0 Å². The van der Waals surface area contributed by atoms with Gasteiger partial charge in [0.1, 0.15) is 0 Å². The van der Waals surface area contributed by atoms with Crippen molar-refractivity contribution in [3.05, 3.63) is 24.3 Å². The highest BCUT2D eigenvalue weighted by atomic mass is 32.2. The highest BCUT2D eigenvalue weighted by molar-refractivity contribution is 7.92. The molecule has 3 nitrogen and oxygen atoms in total. The van der Waals surface area contributed by atoms with E-state index in [1.807, 2.05) is 5.32 Å². The first-order valence-corrected chi connectivity index (χ1v) is 6.67. The summed E-state index contributed by atoms with van der Waals surface area (Å²) >= 11 is 0. The summed E-state index contributed by atoms with van der Waals surface area (Å²) in [6.07, 6.45) is -3.91. The van der Waals surface area contributed by atoms with E-state index in [1.165, 1.54) is 0 Å². The maximum absolute atomic E-state index is 12.6. The van der Waals surface area contributed by atoms with E-state index in [0.717, 1.165) is 12.1 Å². The largest absolute Gasteiger partial charge is 0.501 e. The van der Waals surface area contributed by atoms with Crippen LogP contribution in [0.1, 0.15) is 0 Å². The molecule has 1 N–H and O–H groups in total. The third kappa shape index (κ3) is 3.99. The van der Waals surface area contributed by atoms with E-state index < -0.39 is 39.1 Å². The number of halogens is 7. The molecule has 0 heterocycles. The van der Waals surface area contributed by atoms with Crippen LogP contribution in [0.25, 0.3) is 0 Å². The Morgan fingerprint density at radius 1 is 1.00 bits per heavy atom. The van der Waals surface area contributed by atoms with Crippen molar-refractivity contribution >= 4 is 15.5 Å². The van der Waals surface area contributed by atoms with Crippen LogP contribution in [0.3, 0.4) is 0 Å². The third-order valence-corrected chi connectivity index (χ3v) is 3.82. The molecule has 0 aliphatic carbocycles. The van der Waals surface area contributed by atoms with Crippen LogP contribution in [0, 0.1) is 0 Å². The summed E-state index contributed by atoms with van der Waals surface area (Å²) in [4.78, 5) is -1.08. The molecule has 0 amide bonds. The number of anilines is 1. The summed E-state index contributed by atoms with van der Waals surface area (Å²) in [5, 5.41) is 1.88. The molecule has 1 rings (SSSR count). The normalized spacial score (nSPS) is 13.5. The molecule has 0 radical (unpaired) electrons. The molecule has 120 valence electrons. The first kappa shape index (κ1) is 17.5. The van der Waals surface area contributed by atoms with Crippen LogP contribution in [0.15, 0.2) is 29.2 Å². The molecule has 0 fully saturated rings. The minimum Gasteiger partial charge on any atom is -0.379 e. The summed E-state index contributed by atoms with van der Waals surface area (Å²) in [6.45, 7) is -1.45. The van der Waals surface area contributed by atoms with E-state index in [4.69, 9.17) is 0 Å². The number of nitrogens with one attached hydrogen (secondary N) is 1. The van der Waals surface area contributed by atoms with Crippen molar-refractivity contribution in [2.24, 2.45) is 0 Å². The minimum absolute atomic E-state index is 0.226. The van der Waals surface area contributed by atoms with E-state index in [9.17, 15) is 39.2 Å². The Bertz CT molecular complexity index is 580. The molecule has 0 atom stereocenters. The highest BCUT2D eigenvalue weighted by Crippen LogP contribution is 2.31. The van der Waals surface area contributed by atoms with E-state index >= 15 is 0 Å². The van der Waals surface area contributed by atoms with E-state index in [2.05, 4.69) is 0 Å². The number of alkyl halides is 7. The quantitative estimate of drug-likeness (QED) is 0.838. The monoisotopic (exact) mass is 339 g/mol. The predicted octanol–water partition coefficient (Wildman–Crippen LogP) is 3.29. The maximum Gasteiger partial charge on any atom is 0.501 e. The molecular formula is C10H8F7NO2S. The molecule has 0 saturated heterocycles. The summed E-state index contributed by atoms with van der Waals surface area (Å²) in [7, 11) is -5.55. The topological polar surface area (TPSA) is 46.2 Å². The van der Waals surface area contributed by atoms with Gasteiger partial charge in [-0.3, -0.25) is 0 Å². The molecule has 0 aliphatic rings. The summed E-state index contributed by atoms with van der Waals surface area (Å²) < 4.78 is 108. The number of sulfone groups is 1. The van der Waals surface area contributed by atoms with Gasteiger partial charge in [-0.15, -0.1) is 0 Å². The minimum atomic E-state index is -5.55. The smallest absolute Gasteiger partial charge is 0.379 e. The van der Waals surface area contributed by atoms with Gasteiger partial charge in [0, 0.05) is 5.69 Å². The van der Waals surface area contributed by atoms with Gasteiger partial charge in [-0.2, -0.15) is 22.0 Å². The lowest BCUT2D eigenvalue weighted by Crippen LogP contribution is -2.34. The second kappa shape index (κ2) is 5.70. The fourth-order valence-electron chi connectivity index (χ4n) is 1.18. The third-order valence-electron chi connectivity index (χ3n) is 2.32. The van der Waals surface area contributed by atoms with Gasteiger partial charge in [0.25, 0.3) is 9.84 Å². The second-order valence-electron chi connectivity index (χ2n) is 3.89. The maximum atomic E-state index is 12.6. The molecule has 21 heavy (non-hydrogen) atoms. The zero-order chi connectivity index (χ0) is 16.5. The SMILES string of the molecule is O=S(=O)(c1ccc(NCC(F)(F)C(F)F)cc1)C(F)(F)F. The lowest BCUT2D eigenvalue weighted by molar-refractivity contribution is -0.117.